The molecule has 0 spiro atoms. The summed E-state index contributed by atoms with van der Waals surface area (Å²) in [5.41, 5.74) is 5.64. The smallest absolute Gasteiger partial charge is 0.208 e. The molecule has 0 saturated heterocycles. The second kappa shape index (κ2) is 4.01. The largest absolute Gasteiger partial charge is 0.440 e. The summed E-state index contributed by atoms with van der Waals surface area (Å²) in [7, 11) is 2.06. The lowest BCUT2D eigenvalue weighted by molar-refractivity contribution is 0.626. The first-order chi connectivity index (χ1) is 9.77. The Morgan fingerprint density at radius 3 is 2.40 bits per heavy atom. The summed E-state index contributed by atoms with van der Waals surface area (Å²) in [6.45, 7) is 2.15. The molecule has 0 aliphatic carbocycles. The van der Waals surface area contributed by atoms with Crippen LogP contribution >= 0.6 is 0 Å². The van der Waals surface area contributed by atoms with Crippen LogP contribution in [0.25, 0.3) is 33.2 Å². The van der Waals surface area contributed by atoms with Crippen LogP contribution in [-0.2, 0) is 7.05 Å². The molecule has 0 amide bonds. The molecular weight excluding hydrogens is 246 g/mol. The summed E-state index contributed by atoms with van der Waals surface area (Å²) in [5.74, 6) is 0. The lowest BCUT2D eigenvalue weighted by Gasteiger charge is -2.03. The molecule has 0 aliphatic rings. The maximum Gasteiger partial charge on any atom is 0.208 e. The third kappa shape index (κ3) is 1.39. The van der Waals surface area contributed by atoms with Crippen LogP contribution in [0.1, 0.15) is 5.69 Å². The molecule has 2 heteroatoms. The van der Waals surface area contributed by atoms with Crippen molar-refractivity contribution in [2.24, 2.45) is 7.05 Å². The van der Waals surface area contributed by atoms with Gasteiger partial charge in [-0.05, 0) is 18.6 Å². The zero-order valence-corrected chi connectivity index (χ0v) is 11.6. The number of hydrogen-bond acceptors (Lipinski definition) is 1. The van der Waals surface area contributed by atoms with Crippen molar-refractivity contribution >= 4 is 22.1 Å². The van der Waals surface area contributed by atoms with Gasteiger partial charge in [0.15, 0.2) is 0 Å². The Labute approximate surface area is 117 Å². The first kappa shape index (κ1) is 11.4. The molecule has 2 heterocycles. The van der Waals surface area contributed by atoms with Crippen LogP contribution in [0, 0.1) is 6.92 Å². The SMILES string of the molecule is Cc1c(-c2ccccc2)c2c3ccccc3oc2n1C. The third-order valence-electron chi connectivity index (χ3n) is 4.06. The van der Waals surface area contributed by atoms with Crippen LogP contribution in [0.2, 0.25) is 0 Å². The Hall–Kier alpha value is -2.48. The van der Waals surface area contributed by atoms with Crippen LogP contribution in [0.5, 0.6) is 0 Å². The van der Waals surface area contributed by atoms with Crippen LogP contribution in [0.4, 0.5) is 0 Å². The highest BCUT2D eigenvalue weighted by atomic mass is 16.3. The van der Waals surface area contributed by atoms with Crippen molar-refractivity contribution in [3.05, 3.63) is 60.3 Å². The van der Waals surface area contributed by atoms with E-state index < -0.39 is 0 Å². The van der Waals surface area contributed by atoms with Gasteiger partial charge in [-0.3, -0.25) is 0 Å². The van der Waals surface area contributed by atoms with Crippen LogP contribution in [-0.4, -0.2) is 4.57 Å². The Morgan fingerprint density at radius 2 is 1.60 bits per heavy atom. The molecule has 0 bridgehead atoms. The summed E-state index contributed by atoms with van der Waals surface area (Å²) >= 11 is 0. The van der Waals surface area contributed by atoms with Gasteiger partial charge in [-0.15, -0.1) is 0 Å². The number of rotatable bonds is 1. The highest BCUT2D eigenvalue weighted by molar-refractivity contribution is 6.13. The fraction of sp³-hybridized carbons (Fsp3) is 0.111. The Bertz CT molecular complexity index is 913. The first-order valence-electron chi connectivity index (χ1n) is 6.79. The molecule has 2 aromatic carbocycles. The number of para-hydroxylation sites is 1. The van der Waals surface area contributed by atoms with Crippen LogP contribution in [0.15, 0.2) is 59.0 Å². The number of hydrogen-bond donors (Lipinski definition) is 0. The van der Waals surface area contributed by atoms with Crippen molar-refractivity contribution in [1.82, 2.24) is 4.57 Å². The predicted molar refractivity (Wildman–Crippen MR) is 82.9 cm³/mol. The topological polar surface area (TPSA) is 18.1 Å². The molecule has 0 N–H and O–H groups in total. The maximum absolute atomic E-state index is 6.03. The number of aromatic nitrogens is 1. The Balaban J connectivity index is 2.22. The van der Waals surface area contributed by atoms with E-state index in [1.807, 2.05) is 18.2 Å². The fourth-order valence-electron chi connectivity index (χ4n) is 2.97. The molecule has 0 saturated carbocycles. The van der Waals surface area contributed by atoms with Crippen molar-refractivity contribution in [2.45, 2.75) is 6.92 Å². The van der Waals surface area contributed by atoms with E-state index in [4.69, 9.17) is 4.42 Å². The molecule has 98 valence electrons. The zero-order chi connectivity index (χ0) is 13.7. The van der Waals surface area contributed by atoms with Crippen molar-refractivity contribution in [1.29, 1.82) is 0 Å². The van der Waals surface area contributed by atoms with Gasteiger partial charge in [0.2, 0.25) is 5.71 Å². The molecule has 4 aromatic rings. The van der Waals surface area contributed by atoms with Crippen LogP contribution in [0.3, 0.4) is 0 Å². The van der Waals surface area contributed by atoms with Gasteiger partial charge in [0, 0.05) is 23.7 Å². The van der Waals surface area contributed by atoms with Gasteiger partial charge in [0.25, 0.3) is 0 Å². The second-order valence-corrected chi connectivity index (χ2v) is 5.16. The molecule has 0 atom stereocenters. The molecular formula is C18H15NO. The minimum atomic E-state index is 0.947. The zero-order valence-electron chi connectivity index (χ0n) is 11.6. The summed E-state index contributed by atoms with van der Waals surface area (Å²) in [6.07, 6.45) is 0. The summed E-state index contributed by atoms with van der Waals surface area (Å²) in [4.78, 5) is 0. The Morgan fingerprint density at radius 1 is 0.900 bits per heavy atom. The molecule has 4 rings (SSSR count). The van der Waals surface area contributed by atoms with Crippen molar-refractivity contribution in [3.8, 4) is 11.1 Å². The first-order valence-corrected chi connectivity index (χ1v) is 6.79. The third-order valence-corrected chi connectivity index (χ3v) is 4.06. The maximum atomic E-state index is 6.03. The quantitative estimate of drug-likeness (QED) is 0.476. The van der Waals surface area contributed by atoms with Crippen LogP contribution < -0.4 is 0 Å². The second-order valence-electron chi connectivity index (χ2n) is 5.16. The molecule has 0 aliphatic heterocycles. The van der Waals surface area contributed by atoms with Gasteiger partial charge < -0.3 is 8.98 Å². The summed E-state index contributed by atoms with van der Waals surface area (Å²) in [6, 6.07) is 18.8. The van der Waals surface area contributed by atoms with E-state index in [2.05, 4.69) is 54.9 Å². The van der Waals surface area contributed by atoms with E-state index in [1.54, 1.807) is 0 Å². The van der Waals surface area contributed by atoms with E-state index in [1.165, 1.54) is 27.6 Å². The summed E-state index contributed by atoms with van der Waals surface area (Å²) < 4.78 is 8.17. The van der Waals surface area contributed by atoms with Gasteiger partial charge in [-0.25, -0.2) is 0 Å². The van der Waals surface area contributed by atoms with Crippen molar-refractivity contribution in [2.75, 3.05) is 0 Å². The number of nitrogens with zero attached hydrogens (tertiary/aromatic N) is 1. The van der Waals surface area contributed by atoms with E-state index in [-0.39, 0.29) is 0 Å². The monoisotopic (exact) mass is 261 g/mol. The lowest BCUT2D eigenvalue weighted by Crippen LogP contribution is -1.90. The minimum absolute atomic E-state index is 0.947. The Kier molecular flexibility index (Phi) is 2.27. The van der Waals surface area contributed by atoms with Gasteiger partial charge in [-0.2, -0.15) is 0 Å². The highest BCUT2D eigenvalue weighted by Crippen LogP contribution is 2.40. The van der Waals surface area contributed by atoms with E-state index in [9.17, 15) is 0 Å². The van der Waals surface area contributed by atoms with Gasteiger partial charge in [0.1, 0.15) is 5.58 Å². The number of aryl methyl sites for hydroxylation is 1. The van der Waals surface area contributed by atoms with E-state index >= 15 is 0 Å². The summed E-state index contributed by atoms with van der Waals surface area (Å²) in [5, 5.41) is 2.40. The molecule has 0 radical (unpaired) electrons. The molecule has 2 aromatic heterocycles. The number of fused-ring (bicyclic) bond motifs is 3. The van der Waals surface area contributed by atoms with Gasteiger partial charge in [0.05, 0.1) is 5.39 Å². The average Bonchev–Trinajstić information content (AvgIpc) is 2.97. The predicted octanol–water partition coefficient (Wildman–Crippen LogP) is 4.90. The fourth-order valence-corrected chi connectivity index (χ4v) is 2.97. The molecule has 0 fully saturated rings. The van der Waals surface area contributed by atoms with Crippen molar-refractivity contribution < 1.29 is 4.42 Å². The molecule has 2 nitrogen and oxygen atoms in total. The van der Waals surface area contributed by atoms with E-state index in [0.29, 0.717) is 0 Å². The normalized spacial score (nSPS) is 11.5. The average molecular weight is 261 g/mol. The number of benzene rings is 2. The standard InChI is InChI=1S/C18H15NO/c1-12-16(13-8-4-3-5-9-13)17-14-10-6-7-11-15(14)20-18(17)19(12)2/h3-11H,1-2H3. The number of furan rings is 1. The molecule has 20 heavy (non-hydrogen) atoms. The van der Waals surface area contributed by atoms with E-state index in [0.717, 1.165) is 11.3 Å². The van der Waals surface area contributed by atoms with Gasteiger partial charge in [-0.1, -0.05) is 48.5 Å². The minimum Gasteiger partial charge on any atom is -0.440 e. The van der Waals surface area contributed by atoms with Gasteiger partial charge >= 0.3 is 0 Å². The highest BCUT2D eigenvalue weighted by Gasteiger charge is 2.19. The molecule has 0 unspecified atom stereocenters. The lowest BCUT2D eigenvalue weighted by atomic mass is 10.0. The van der Waals surface area contributed by atoms with Crippen molar-refractivity contribution in [3.63, 3.8) is 0 Å².